The number of halogens is 1. The number of aliphatic hydroxyl groups is 1. The molecule has 0 aliphatic rings. The number of carbonyl (C=O) groups is 1. The summed E-state index contributed by atoms with van der Waals surface area (Å²) in [6, 6.07) is 5.43. The lowest BCUT2D eigenvalue weighted by atomic mass is 10.1. The number of aliphatic hydroxyl groups excluding tert-OH is 1. The van der Waals surface area contributed by atoms with E-state index in [-0.39, 0.29) is 12.6 Å². The molecule has 1 heterocycles. The van der Waals surface area contributed by atoms with Gasteiger partial charge in [0.2, 0.25) is 0 Å². The number of hydrogen-bond acceptors (Lipinski definition) is 3. The van der Waals surface area contributed by atoms with Crippen LogP contribution in [0.15, 0.2) is 18.2 Å². The molecule has 0 aliphatic heterocycles. The molecule has 2 N–H and O–H groups in total. The van der Waals surface area contributed by atoms with E-state index in [4.69, 9.17) is 21.4 Å². The van der Waals surface area contributed by atoms with Crippen LogP contribution < -0.4 is 0 Å². The van der Waals surface area contributed by atoms with Gasteiger partial charge >= 0.3 is 5.97 Å². The van der Waals surface area contributed by atoms with Gasteiger partial charge in [0, 0.05) is 22.5 Å². The Hall–Kier alpha value is -1.52. The van der Waals surface area contributed by atoms with Crippen LogP contribution in [0.1, 0.15) is 29.4 Å². The number of aromatic nitrogens is 1. The van der Waals surface area contributed by atoms with E-state index in [1.165, 1.54) is 0 Å². The fourth-order valence-electron chi connectivity index (χ4n) is 2.11. The molecule has 0 saturated carbocycles. The molecule has 2 aromatic rings. The van der Waals surface area contributed by atoms with Gasteiger partial charge in [-0.1, -0.05) is 11.6 Å². The lowest BCUT2D eigenvalue weighted by Crippen LogP contribution is -2.08. The fourth-order valence-corrected chi connectivity index (χ4v) is 2.29. The molecule has 1 aromatic carbocycles. The van der Waals surface area contributed by atoms with E-state index in [9.17, 15) is 4.79 Å². The van der Waals surface area contributed by atoms with Gasteiger partial charge in [0.25, 0.3) is 0 Å². The van der Waals surface area contributed by atoms with Crippen LogP contribution in [0.3, 0.4) is 0 Å². The Morgan fingerprint density at radius 3 is 2.95 bits per heavy atom. The molecule has 0 bridgehead atoms. The van der Waals surface area contributed by atoms with Crippen molar-refractivity contribution in [1.82, 2.24) is 4.98 Å². The number of hydrogen-bond donors (Lipinski definition) is 2. The summed E-state index contributed by atoms with van der Waals surface area (Å²) in [5, 5.41) is 10.5. The number of benzene rings is 1. The zero-order valence-corrected chi connectivity index (χ0v) is 11.5. The molecular weight excluding hydrogens is 266 g/mol. The summed E-state index contributed by atoms with van der Waals surface area (Å²) < 4.78 is 5.04. The first-order valence-corrected chi connectivity index (χ1v) is 6.63. The topological polar surface area (TPSA) is 62.3 Å². The van der Waals surface area contributed by atoms with Crippen molar-refractivity contribution in [2.24, 2.45) is 0 Å². The highest BCUT2D eigenvalue weighted by Crippen LogP contribution is 2.27. The van der Waals surface area contributed by atoms with Gasteiger partial charge in [0.15, 0.2) is 0 Å². The minimum atomic E-state index is -0.372. The Balaban J connectivity index is 2.51. The summed E-state index contributed by atoms with van der Waals surface area (Å²) in [5.74, 6) is -0.372. The van der Waals surface area contributed by atoms with Crippen LogP contribution in [-0.4, -0.2) is 29.3 Å². The van der Waals surface area contributed by atoms with Gasteiger partial charge in [-0.3, -0.25) is 0 Å². The SMILES string of the molecule is CCOC(=O)c1[nH]c2ccc(Cl)cc2c1CCCO. The van der Waals surface area contributed by atoms with Crippen molar-refractivity contribution in [3.8, 4) is 0 Å². The number of carbonyl (C=O) groups excluding carboxylic acids is 1. The standard InChI is InChI=1S/C14H16ClNO3/c1-2-19-14(18)13-10(4-3-7-17)11-8-9(15)5-6-12(11)16-13/h5-6,8,16-17H,2-4,7H2,1H3. The Labute approximate surface area is 116 Å². The number of fused-ring (bicyclic) bond motifs is 1. The third-order valence-corrected chi connectivity index (χ3v) is 3.17. The van der Waals surface area contributed by atoms with Crippen LogP contribution in [0.5, 0.6) is 0 Å². The second kappa shape index (κ2) is 6.08. The van der Waals surface area contributed by atoms with Gasteiger partial charge in [-0.2, -0.15) is 0 Å². The van der Waals surface area contributed by atoms with E-state index in [1.807, 2.05) is 12.1 Å². The van der Waals surface area contributed by atoms with Gasteiger partial charge in [0.05, 0.1) is 6.61 Å². The van der Waals surface area contributed by atoms with Crippen LogP contribution >= 0.6 is 11.6 Å². The highest BCUT2D eigenvalue weighted by atomic mass is 35.5. The Morgan fingerprint density at radius 2 is 2.26 bits per heavy atom. The van der Waals surface area contributed by atoms with Crippen molar-refractivity contribution >= 4 is 28.5 Å². The molecular formula is C14H16ClNO3. The highest BCUT2D eigenvalue weighted by Gasteiger charge is 2.18. The molecule has 0 atom stereocenters. The average Bonchev–Trinajstić information content (AvgIpc) is 2.74. The number of aryl methyl sites for hydroxylation is 1. The first-order chi connectivity index (χ1) is 9.17. The van der Waals surface area contributed by atoms with Crippen LogP contribution in [0.2, 0.25) is 5.02 Å². The summed E-state index contributed by atoms with van der Waals surface area (Å²) in [7, 11) is 0. The van der Waals surface area contributed by atoms with Crippen molar-refractivity contribution in [1.29, 1.82) is 0 Å². The van der Waals surface area contributed by atoms with Crippen molar-refractivity contribution in [2.45, 2.75) is 19.8 Å². The van der Waals surface area contributed by atoms with Crippen molar-refractivity contribution in [2.75, 3.05) is 13.2 Å². The van der Waals surface area contributed by atoms with Gasteiger partial charge in [-0.25, -0.2) is 4.79 Å². The molecule has 1 aromatic heterocycles. The molecule has 4 nitrogen and oxygen atoms in total. The predicted octanol–water partition coefficient (Wildman–Crippen LogP) is 2.92. The molecule has 19 heavy (non-hydrogen) atoms. The molecule has 0 amide bonds. The number of nitrogens with one attached hydrogen (secondary N) is 1. The minimum Gasteiger partial charge on any atom is -0.461 e. The third kappa shape index (κ3) is 2.91. The number of rotatable bonds is 5. The Bertz CT molecular complexity index is 592. The minimum absolute atomic E-state index is 0.0789. The van der Waals surface area contributed by atoms with E-state index in [0.717, 1.165) is 16.5 Å². The number of esters is 1. The number of aromatic amines is 1. The Morgan fingerprint density at radius 1 is 1.47 bits per heavy atom. The zero-order valence-electron chi connectivity index (χ0n) is 10.7. The summed E-state index contributed by atoms with van der Waals surface area (Å²) in [6.45, 7) is 2.18. The van der Waals surface area contributed by atoms with Gasteiger partial charge < -0.3 is 14.8 Å². The summed E-state index contributed by atoms with van der Waals surface area (Å²) in [5.41, 5.74) is 2.15. The van der Waals surface area contributed by atoms with E-state index in [1.54, 1.807) is 13.0 Å². The largest absolute Gasteiger partial charge is 0.461 e. The normalized spacial score (nSPS) is 10.9. The molecule has 0 aliphatic carbocycles. The van der Waals surface area contributed by atoms with E-state index < -0.39 is 0 Å². The third-order valence-electron chi connectivity index (χ3n) is 2.93. The Kier molecular flexibility index (Phi) is 4.45. The van der Waals surface area contributed by atoms with Gasteiger partial charge in [-0.05, 0) is 43.5 Å². The summed E-state index contributed by atoms with van der Waals surface area (Å²) in [4.78, 5) is 15.0. The summed E-state index contributed by atoms with van der Waals surface area (Å²) in [6.07, 6.45) is 1.19. The van der Waals surface area contributed by atoms with Crippen molar-refractivity contribution in [3.05, 3.63) is 34.5 Å². The second-order valence-electron chi connectivity index (χ2n) is 4.22. The number of ether oxygens (including phenoxy) is 1. The van der Waals surface area contributed by atoms with E-state index in [2.05, 4.69) is 4.98 Å². The molecule has 0 fully saturated rings. The molecule has 102 valence electrons. The second-order valence-corrected chi connectivity index (χ2v) is 4.65. The quantitative estimate of drug-likeness (QED) is 0.828. The maximum atomic E-state index is 11.9. The first kappa shape index (κ1) is 13.9. The molecule has 0 unspecified atom stereocenters. The van der Waals surface area contributed by atoms with E-state index >= 15 is 0 Å². The lowest BCUT2D eigenvalue weighted by molar-refractivity contribution is 0.0519. The lowest BCUT2D eigenvalue weighted by Gasteiger charge is -2.03. The monoisotopic (exact) mass is 281 g/mol. The highest BCUT2D eigenvalue weighted by molar-refractivity contribution is 6.31. The maximum absolute atomic E-state index is 11.9. The molecule has 2 rings (SSSR count). The smallest absolute Gasteiger partial charge is 0.355 e. The maximum Gasteiger partial charge on any atom is 0.355 e. The first-order valence-electron chi connectivity index (χ1n) is 6.25. The zero-order chi connectivity index (χ0) is 13.8. The molecule has 0 saturated heterocycles. The van der Waals surface area contributed by atoms with Gasteiger partial charge in [0.1, 0.15) is 5.69 Å². The van der Waals surface area contributed by atoms with Crippen LogP contribution in [0.25, 0.3) is 10.9 Å². The predicted molar refractivity (Wildman–Crippen MR) is 74.7 cm³/mol. The summed E-state index contributed by atoms with van der Waals surface area (Å²) >= 11 is 6.00. The van der Waals surface area contributed by atoms with Crippen molar-refractivity contribution in [3.63, 3.8) is 0 Å². The molecule has 5 heteroatoms. The van der Waals surface area contributed by atoms with Crippen molar-refractivity contribution < 1.29 is 14.6 Å². The van der Waals surface area contributed by atoms with E-state index in [0.29, 0.717) is 30.2 Å². The van der Waals surface area contributed by atoms with Crippen LogP contribution in [-0.2, 0) is 11.2 Å². The average molecular weight is 282 g/mol. The molecule has 0 spiro atoms. The fraction of sp³-hybridized carbons (Fsp3) is 0.357. The number of H-pyrrole nitrogens is 1. The van der Waals surface area contributed by atoms with Gasteiger partial charge in [-0.15, -0.1) is 0 Å². The van der Waals surface area contributed by atoms with Crippen LogP contribution in [0, 0.1) is 0 Å². The molecule has 0 radical (unpaired) electrons. The van der Waals surface area contributed by atoms with Crippen LogP contribution in [0.4, 0.5) is 0 Å².